The number of nitrogens with zero attached hydrogens (tertiary/aromatic N) is 2. The summed E-state index contributed by atoms with van der Waals surface area (Å²) in [6.45, 7) is 0. The van der Waals surface area contributed by atoms with Crippen LogP contribution in [0.15, 0.2) is 28.2 Å². The summed E-state index contributed by atoms with van der Waals surface area (Å²) in [7, 11) is 0. The molecule has 2 rings (SSSR count). The molecule has 0 saturated carbocycles. The lowest BCUT2D eigenvalue weighted by molar-refractivity contribution is -0.121. The second-order valence-electron chi connectivity index (χ2n) is 4.26. The summed E-state index contributed by atoms with van der Waals surface area (Å²) >= 11 is 0.950. The molecule has 0 bridgehead atoms. The molecule has 0 spiro atoms. The topological polar surface area (TPSA) is 123 Å². The average Bonchev–Trinajstić information content (AvgIpc) is 2.73. The molecule has 0 fully saturated rings. The lowest BCUT2D eigenvalue weighted by atomic mass is 10.2. The van der Waals surface area contributed by atoms with Crippen LogP contribution >= 0.6 is 11.8 Å². The fourth-order valence-electron chi connectivity index (χ4n) is 1.62. The Labute approximate surface area is 127 Å². The summed E-state index contributed by atoms with van der Waals surface area (Å²) < 4.78 is 25.8. The molecular weight excluding hydrogens is 316 g/mol. The largest absolute Gasteiger partial charge is 0.370 e. The first-order chi connectivity index (χ1) is 10.3. The van der Waals surface area contributed by atoms with E-state index in [2.05, 4.69) is 15.3 Å². The molecule has 0 saturated heterocycles. The van der Waals surface area contributed by atoms with E-state index in [0.29, 0.717) is 0 Å². The zero-order chi connectivity index (χ0) is 16.3. The number of aliphatic imine (C=N–C) groups is 2. The molecule has 1 aromatic carbocycles. The molecule has 10 heteroatoms. The number of nitrogens with one attached hydrogen (secondary N) is 1. The summed E-state index contributed by atoms with van der Waals surface area (Å²) in [5, 5.41) is 1.68. The van der Waals surface area contributed by atoms with Crippen molar-refractivity contribution in [3.63, 3.8) is 0 Å². The quantitative estimate of drug-likeness (QED) is 0.553. The van der Waals surface area contributed by atoms with E-state index in [4.69, 9.17) is 11.5 Å². The Morgan fingerprint density at radius 2 is 2.09 bits per heavy atom. The van der Waals surface area contributed by atoms with Gasteiger partial charge >= 0.3 is 0 Å². The highest BCUT2D eigenvalue weighted by Gasteiger charge is 2.30. The van der Waals surface area contributed by atoms with Crippen LogP contribution in [0.1, 0.15) is 6.42 Å². The second-order valence-corrected chi connectivity index (χ2v) is 5.43. The number of benzene rings is 1. The van der Waals surface area contributed by atoms with Gasteiger partial charge < -0.3 is 16.8 Å². The number of amides is 2. The molecule has 1 heterocycles. The van der Waals surface area contributed by atoms with Crippen molar-refractivity contribution < 1.29 is 18.4 Å². The highest BCUT2D eigenvalue weighted by molar-refractivity contribution is 8.15. The van der Waals surface area contributed by atoms with Crippen LogP contribution in [0, 0.1) is 11.6 Å². The van der Waals surface area contributed by atoms with Crippen molar-refractivity contribution in [2.75, 3.05) is 5.32 Å². The zero-order valence-electron chi connectivity index (χ0n) is 11.0. The molecule has 2 amide bonds. The summed E-state index contributed by atoms with van der Waals surface area (Å²) in [5.41, 5.74) is 10.4. The summed E-state index contributed by atoms with van der Waals surface area (Å²) in [5.74, 6) is -3.42. The van der Waals surface area contributed by atoms with Gasteiger partial charge in [0.1, 0.15) is 5.25 Å². The minimum absolute atomic E-state index is 0.0793. The van der Waals surface area contributed by atoms with Crippen LogP contribution in [-0.4, -0.2) is 28.2 Å². The second kappa shape index (κ2) is 6.52. The summed E-state index contributed by atoms with van der Waals surface area (Å²) in [6.07, 6.45) is -0.199. The van der Waals surface area contributed by atoms with Gasteiger partial charge in [0.2, 0.25) is 5.91 Å². The predicted molar refractivity (Wildman–Crippen MR) is 79.2 cm³/mol. The zero-order valence-corrected chi connectivity index (χ0v) is 11.9. The third-order valence-corrected chi connectivity index (χ3v) is 3.57. The van der Waals surface area contributed by atoms with Crippen LogP contribution in [0.3, 0.4) is 0 Å². The van der Waals surface area contributed by atoms with E-state index in [1.54, 1.807) is 0 Å². The number of halogens is 2. The number of hydrogen-bond acceptors (Lipinski definition) is 4. The number of nitrogens with two attached hydrogens (primary N) is 2. The van der Waals surface area contributed by atoms with Crippen molar-refractivity contribution in [2.45, 2.75) is 11.7 Å². The van der Waals surface area contributed by atoms with Crippen molar-refractivity contribution in [2.24, 2.45) is 21.5 Å². The molecule has 0 unspecified atom stereocenters. The monoisotopic (exact) mass is 327 g/mol. The van der Waals surface area contributed by atoms with Crippen LogP contribution in [0.5, 0.6) is 0 Å². The average molecular weight is 327 g/mol. The Bertz CT molecular complexity index is 688. The fraction of sp³-hybridized carbons (Fsp3) is 0.167. The first-order valence-corrected chi connectivity index (χ1v) is 6.87. The van der Waals surface area contributed by atoms with Crippen molar-refractivity contribution in [1.29, 1.82) is 0 Å². The van der Waals surface area contributed by atoms with E-state index < -0.39 is 28.7 Å². The highest BCUT2D eigenvalue weighted by atomic mass is 32.2. The first-order valence-electron chi connectivity index (χ1n) is 5.99. The Hall–Kier alpha value is -2.49. The van der Waals surface area contributed by atoms with E-state index in [9.17, 15) is 18.4 Å². The number of hydrogen-bond donors (Lipinski definition) is 3. The lowest BCUT2D eigenvalue weighted by Gasteiger charge is -2.08. The Kier molecular flexibility index (Phi) is 4.71. The maximum absolute atomic E-state index is 13.0. The summed E-state index contributed by atoms with van der Waals surface area (Å²) in [6, 6.07) is 2.94. The van der Waals surface area contributed by atoms with E-state index in [-0.39, 0.29) is 23.2 Å². The van der Waals surface area contributed by atoms with Crippen molar-refractivity contribution in [1.82, 2.24) is 0 Å². The van der Waals surface area contributed by atoms with Gasteiger partial charge in [-0.25, -0.2) is 8.78 Å². The van der Waals surface area contributed by atoms with E-state index >= 15 is 0 Å². The lowest BCUT2D eigenvalue weighted by Crippen LogP contribution is -2.23. The Morgan fingerprint density at radius 3 is 2.73 bits per heavy atom. The molecule has 1 aliphatic rings. The van der Waals surface area contributed by atoms with Gasteiger partial charge in [0.25, 0.3) is 5.91 Å². The van der Waals surface area contributed by atoms with Crippen LogP contribution in [0.25, 0.3) is 0 Å². The van der Waals surface area contributed by atoms with Gasteiger partial charge in [-0.3, -0.25) is 9.59 Å². The Balaban J connectivity index is 1.94. The van der Waals surface area contributed by atoms with E-state index in [1.165, 1.54) is 6.07 Å². The van der Waals surface area contributed by atoms with Crippen molar-refractivity contribution in [3.05, 3.63) is 29.8 Å². The minimum atomic E-state index is -1.08. The molecular formula is C12H11F2N5O2S. The van der Waals surface area contributed by atoms with Crippen LogP contribution in [-0.2, 0) is 9.59 Å². The molecule has 0 radical (unpaired) electrons. The summed E-state index contributed by atoms with van der Waals surface area (Å²) in [4.78, 5) is 30.6. The molecule has 116 valence electrons. The fourth-order valence-corrected chi connectivity index (χ4v) is 2.56. The van der Waals surface area contributed by atoms with Gasteiger partial charge in [-0.05, 0) is 12.1 Å². The molecule has 7 nitrogen and oxygen atoms in total. The van der Waals surface area contributed by atoms with Crippen LogP contribution in [0.4, 0.5) is 14.5 Å². The number of carbonyl (C=O) groups excluding carboxylic acids is 2. The first kappa shape index (κ1) is 15.9. The van der Waals surface area contributed by atoms with Gasteiger partial charge in [0, 0.05) is 18.2 Å². The molecule has 1 aliphatic heterocycles. The SMILES string of the molecule is NC(N)=NC1=NC(=O)[C@H](CC(=O)Nc2ccc(F)c(F)c2)S1. The van der Waals surface area contributed by atoms with E-state index in [1.807, 2.05) is 0 Å². The van der Waals surface area contributed by atoms with Gasteiger partial charge in [-0.15, -0.1) is 0 Å². The van der Waals surface area contributed by atoms with Gasteiger partial charge in [0.15, 0.2) is 22.8 Å². The third kappa shape index (κ3) is 4.01. The molecule has 22 heavy (non-hydrogen) atoms. The predicted octanol–water partition coefficient (Wildman–Crippen LogP) is 0.565. The number of anilines is 1. The van der Waals surface area contributed by atoms with Crippen LogP contribution in [0.2, 0.25) is 0 Å². The maximum Gasteiger partial charge on any atom is 0.262 e. The molecule has 0 aliphatic carbocycles. The number of rotatable bonds is 3. The highest BCUT2D eigenvalue weighted by Crippen LogP contribution is 2.26. The normalized spacial score (nSPS) is 17.1. The van der Waals surface area contributed by atoms with Gasteiger partial charge in [-0.1, -0.05) is 11.8 Å². The third-order valence-electron chi connectivity index (χ3n) is 2.53. The smallest absolute Gasteiger partial charge is 0.262 e. The number of thioether (sulfide) groups is 1. The Morgan fingerprint density at radius 1 is 1.36 bits per heavy atom. The number of guanidine groups is 1. The minimum Gasteiger partial charge on any atom is -0.370 e. The maximum atomic E-state index is 13.0. The molecule has 5 N–H and O–H groups in total. The van der Waals surface area contributed by atoms with Gasteiger partial charge in [0.05, 0.1) is 0 Å². The standard InChI is InChI=1S/C12H11F2N5O2S/c13-6-2-1-5(3-7(6)14)17-9(20)4-8-10(21)18-12(22-8)19-11(15)16/h1-3,8H,4H2,(H,17,20)(H4,15,16,18,19,21)/t8-/m0/s1. The number of carbonyl (C=O) groups is 2. The van der Waals surface area contributed by atoms with E-state index in [0.717, 1.165) is 23.9 Å². The molecule has 1 atom stereocenters. The van der Waals surface area contributed by atoms with Crippen molar-refractivity contribution in [3.8, 4) is 0 Å². The molecule has 1 aromatic rings. The van der Waals surface area contributed by atoms with Crippen molar-refractivity contribution >= 4 is 40.4 Å². The number of amidine groups is 1. The van der Waals surface area contributed by atoms with Crippen LogP contribution < -0.4 is 16.8 Å². The van der Waals surface area contributed by atoms with Gasteiger partial charge in [-0.2, -0.15) is 9.98 Å². The molecule has 0 aromatic heterocycles.